The smallest absolute Gasteiger partial charge is 0.239 e. The molecule has 2 aromatic carbocycles. The highest BCUT2D eigenvalue weighted by atomic mass is 16.2. The number of nitrogens with one attached hydrogen (secondary N) is 2. The van der Waals surface area contributed by atoms with Gasteiger partial charge in [-0.2, -0.15) is 0 Å². The predicted molar refractivity (Wildman–Crippen MR) is 124 cm³/mol. The van der Waals surface area contributed by atoms with Gasteiger partial charge < -0.3 is 15.5 Å². The summed E-state index contributed by atoms with van der Waals surface area (Å²) in [6.07, 6.45) is 4.10. The quantitative estimate of drug-likeness (QED) is 0.734. The van der Waals surface area contributed by atoms with Crippen molar-refractivity contribution < 1.29 is 14.4 Å². The molecule has 0 radical (unpaired) electrons. The zero-order valence-electron chi connectivity index (χ0n) is 18.5. The van der Waals surface area contributed by atoms with Crippen molar-refractivity contribution in [2.45, 2.75) is 51.6 Å². The summed E-state index contributed by atoms with van der Waals surface area (Å²) in [5, 5.41) is 5.60. The Morgan fingerprint density at radius 3 is 2.38 bits per heavy atom. The normalized spacial score (nSPS) is 22.2. The third-order valence-electron chi connectivity index (χ3n) is 6.62. The molecule has 6 nitrogen and oxygen atoms in total. The largest absolute Gasteiger partial charge is 0.350 e. The molecule has 1 aliphatic carbocycles. The number of para-hydroxylation sites is 1. The topological polar surface area (TPSA) is 78.5 Å². The SMILES string of the molecule is CC1Cc2ccccc2N1C(=O)C1CCCCC1C(=O)NCC(=O)NCc1ccccc1. The van der Waals surface area contributed by atoms with E-state index < -0.39 is 5.92 Å². The van der Waals surface area contributed by atoms with Gasteiger partial charge in [-0.3, -0.25) is 14.4 Å². The van der Waals surface area contributed by atoms with E-state index in [0.29, 0.717) is 19.4 Å². The molecule has 1 fully saturated rings. The first-order chi connectivity index (χ1) is 15.5. The first-order valence-electron chi connectivity index (χ1n) is 11.5. The van der Waals surface area contributed by atoms with Crippen molar-refractivity contribution in [3.05, 3.63) is 65.7 Å². The van der Waals surface area contributed by atoms with E-state index in [9.17, 15) is 14.4 Å². The zero-order chi connectivity index (χ0) is 22.5. The average molecular weight is 434 g/mol. The first-order valence-corrected chi connectivity index (χ1v) is 11.5. The minimum atomic E-state index is -0.391. The monoisotopic (exact) mass is 433 g/mol. The summed E-state index contributed by atoms with van der Waals surface area (Å²) >= 11 is 0. The Hall–Kier alpha value is -3.15. The summed E-state index contributed by atoms with van der Waals surface area (Å²) in [5.41, 5.74) is 3.15. The second kappa shape index (κ2) is 9.98. The molecule has 0 bridgehead atoms. The van der Waals surface area contributed by atoms with Gasteiger partial charge in [0.2, 0.25) is 17.7 Å². The lowest BCUT2D eigenvalue weighted by Gasteiger charge is -2.34. The van der Waals surface area contributed by atoms with E-state index in [1.165, 1.54) is 5.56 Å². The number of carbonyl (C=O) groups excluding carboxylic acids is 3. The Labute approximate surface area is 189 Å². The van der Waals surface area contributed by atoms with Crippen LogP contribution in [-0.2, 0) is 27.3 Å². The van der Waals surface area contributed by atoms with Gasteiger partial charge in [0.25, 0.3) is 0 Å². The third-order valence-corrected chi connectivity index (χ3v) is 6.62. The van der Waals surface area contributed by atoms with Crippen molar-refractivity contribution in [3.8, 4) is 0 Å². The molecule has 4 rings (SSSR count). The summed E-state index contributed by atoms with van der Waals surface area (Å²) in [7, 11) is 0. The van der Waals surface area contributed by atoms with E-state index in [2.05, 4.69) is 23.6 Å². The van der Waals surface area contributed by atoms with Gasteiger partial charge in [-0.25, -0.2) is 0 Å². The van der Waals surface area contributed by atoms with Gasteiger partial charge in [0.15, 0.2) is 0 Å². The fraction of sp³-hybridized carbons (Fsp3) is 0.423. The van der Waals surface area contributed by atoms with Crippen LogP contribution in [-0.4, -0.2) is 30.3 Å². The van der Waals surface area contributed by atoms with Gasteiger partial charge in [-0.1, -0.05) is 61.4 Å². The van der Waals surface area contributed by atoms with Crippen molar-refractivity contribution in [2.75, 3.05) is 11.4 Å². The minimum absolute atomic E-state index is 0.0378. The van der Waals surface area contributed by atoms with Gasteiger partial charge in [0.1, 0.15) is 0 Å². The van der Waals surface area contributed by atoms with Gasteiger partial charge in [0, 0.05) is 24.2 Å². The lowest BCUT2D eigenvalue weighted by Crippen LogP contribution is -2.48. The summed E-state index contributed by atoms with van der Waals surface area (Å²) in [4.78, 5) is 40.6. The molecule has 168 valence electrons. The Balaban J connectivity index is 1.36. The van der Waals surface area contributed by atoms with E-state index >= 15 is 0 Å². The molecule has 3 amide bonds. The Kier molecular flexibility index (Phi) is 6.88. The summed E-state index contributed by atoms with van der Waals surface area (Å²) < 4.78 is 0. The number of carbonyl (C=O) groups is 3. The summed E-state index contributed by atoms with van der Waals surface area (Å²) in [6, 6.07) is 17.7. The Morgan fingerprint density at radius 1 is 0.906 bits per heavy atom. The van der Waals surface area contributed by atoms with Gasteiger partial charge in [0.05, 0.1) is 12.5 Å². The van der Waals surface area contributed by atoms with Crippen LogP contribution in [0, 0.1) is 11.8 Å². The van der Waals surface area contributed by atoms with Crippen LogP contribution in [0.5, 0.6) is 0 Å². The molecule has 1 saturated carbocycles. The number of nitrogens with zero attached hydrogens (tertiary/aromatic N) is 1. The predicted octanol–water partition coefficient (Wildman–Crippen LogP) is 3.20. The van der Waals surface area contributed by atoms with Gasteiger partial charge >= 0.3 is 0 Å². The number of rotatable bonds is 6. The third kappa shape index (κ3) is 4.85. The Bertz CT molecular complexity index is 975. The summed E-state index contributed by atoms with van der Waals surface area (Å²) in [5.74, 6) is -1.13. The minimum Gasteiger partial charge on any atom is -0.350 e. The molecule has 3 atom stereocenters. The molecule has 2 aliphatic rings. The van der Waals surface area contributed by atoms with Crippen LogP contribution < -0.4 is 15.5 Å². The van der Waals surface area contributed by atoms with Crippen LogP contribution in [0.1, 0.15) is 43.7 Å². The van der Waals surface area contributed by atoms with Crippen molar-refractivity contribution in [1.29, 1.82) is 0 Å². The average Bonchev–Trinajstić information content (AvgIpc) is 3.17. The van der Waals surface area contributed by atoms with Crippen molar-refractivity contribution in [3.63, 3.8) is 0 Å². The van der Waals surface area contributed by atoms with E-state index in [4.69, 9.17) is 0 Å². The summed E-state index contributed by atoms with van der Waals surface area (Å²) in [6.45, 7) is 2.41. The molecule has 6 heteroatoms. The maximum absolute atomic E-state index is 13.6. The molecule has 2 aromatic rings. The number of hydrogen-bond donors (Lipinski definition) is 2. The molecule has 1 aliphatic heterocycles. The molecule has 1 heterocycles. The van der Waals surface area contributed by atoms with Crippen LogP contribution in [0.3, 0.4) is 0 Å². The van der Waals surface area contributed by atoms with Crippen molar-refractivity contribution >= 4 is 23.4 Å². The first kappa shape index (κ1) is 22.1. The standard InChI is InChI=1S/C26H31N3O3/c1-18-15-20-11-5-8-14-23(20)29(18)26(32)22-13-7-6-12-21(22)25(31)28-17-24(30)27-16-19-9-3-2-4-10-19/h2-5,8-11,14,18,21-22H,6-7,12-13,15-17H2,1H3,(H,27,30)(H,28,31). The van der Waals surface area contributed by atoms with E-state index in [1.54, 1.807) is 0 Å². The zero-order valence-corrected chi connectivity index (χ0v) is 18.5. The Morgan fingerprint density at radius 2 is 1.59 bits per heavy atom. The van der Waals surface area contributed by atoms with E-state index in [-0.39, 0.29) is 36.2 Å². The molecule has 0 saturated heterocycles. The van der Waals surface area contributed by atoms with Crippen LogP contribution >= 0.6 is 0 Å². The maximum atomic E-state index is 13.6. The van der Waals surface area contributed by atoms with Gasteiger partial charge in [-0.05, 0) is 43.4 Å². The number of fused-ring (bicyclic) bond motifs is 1. The molecule has 0 spiro atoms. The number of amides is 3. The highest BCUT2D eigenvalue weighted by molar-refractivity contribution is 6.00. The van der Waals surface area contributed by atoms with Crippen LogP contribution in [0.15, 0.2) is 54.6 Å². The molecule has 3 unspecified atom stereocenters. The van der Waals surface area contributed by atoms with Gasteiger partial charge in [-0.15, -0.1) is 0 Å². The number of anilines is 1. The van der Waals surface area contributed by atoms with Crippen LogP contribution in [0.25, 0.3) is 0 Å². The van der Waals surface area contributed by atoms with E-state index in [0.717, 1.165) is 30.5 Å². The molecular weight excluding hydrogens is 402 g/mol. The van der Waals surface area contributed by atoms with Crippen LogP contribution in [0.4, 0.5) is 5.69 Å². The fourth-order valence-electron chi connectivity index (χ4n) is 4.98. The maximum Gasteiger partial charge on any atom is 0.239 e. The highest BCUT2D eigenvalue weighted by Crippen LogP contribution is 2.38. The highest BCUT2D eigenvalue weighted by Gasteiger charge is 2.41. The molecule has 32 heavy (non-hydrogen) atoms. The fourth-order valence-corrected chi connectivity index (χ4v) is 4.98. The van der Waals surface area contributed by atoms with Crippen LogP contribution in [0.2, 0.25) is 0 Å². The van der Waals surface area contributed by atoms with Crippen molar-refractivity contribution in [2.24, 2.45) is 11.8 Å². The molecular formula is C26H31N3O3. The van der Waals surface area contributed by atoms with Crippen molar-refractivity contribution in [1.82, 2.24) is 10.6 Å². The van der Waals surface area contributed by atoms with E-state index in [1.807, 2.05) is 53.4 Å². The second-order valence-corrected chi connectivity index (χ2v) is 8.87. The number of benzene rings is 2. The molecule has 0 aromatic heterocycles. The lowest BCUT2D eigenvalue weighted by molar-refractivity contribution is -0.136. The lowest BCUT2D eigenvalue weighted by atomic mass is 9.77. The number of hydrogen-bond acceptors (Lipinski definition) is 3. The molecule has 2 N–H and O–H groups in total. The second-order valence-electron chi connectivity index (χ2n) is 8.87.